The summed E-state index contributed by atoms with van der Waals surface area (Å²) in [6.45, 7) is 9.90. The first-order valence-electron chi connectivity index (χ1n) is 8.09. The summed E-state index contributed by atoms with van der Waals surface area (Å²) in [4.78, 5) is 11.2. The number of aliphatic carboxylic acids is 1. The Balaban J connectivity index is 4.07. The molecule has 0 spiro atoms. The molecular formula is C17H33FO2. The average molecular weight is 288 g/mol. The van der Waals surface area contributed by atoms with E-state index >= 15 is 0 Å². The molecule has 0 aromatic heterocycles. The summed E-state index contributed by atoms with van der Waals surface area (Å²) in [5.41, 5.74) is -1.06. The van der Waals surface area contributed by atoms with Gasteiger partial charge >= 0.3 is 5.97 Å². The van der Waals surface area contributed by atoms with Crippen LogP contribution in [-0.4, -0.2) is 16.7 Å². The van der Waals surface area contributed by atoms with Gasteiger partial charge in [-0.3, -0.25) is 4.79 Å². The Hall–Kier alpha value is -0.600. The molecule has 3 atom stereocenters. The quantitative estimate of drug-likeness (QED) is 0.548. The van der Waals surface area contributed by atoms with E-state index < -0.39 is 11.6 Å². The minimum absolute atomic E-state index is 0.246. The first-order valence-corrected chi connectivity index (χ1v) is 8.09. The zero-order chi connectivity index (χ0) is 15.8. The molecule has 0 aliphatic heterocycles. The van der Waals surface area contributed by atoms with Crippen LogP contribution in [0.2, 0.25) is 0 Å². The van der Waals surface area contributed by atoms with Crippen molar-refractivity contribution in [3.63, 3.8) is 0 Å². The molecule has 0 aromatic rings. The smallest absolute Gasteiger partial charge is 0.306 e. The first kappa shape index (κ1) is 19.4. The van der Waals surface area contributed by atoms with Gasteiger partial charge in [-0.2, -0.15) is 0 Å². The SMILES string of the molecule is CCCC(C)(F)CCC(C)CC[C@H](CC(C)C)C(=O)O. The van der Waals surface area contributed by atoms with Crippen LogP contribution in [0.3, 0.4) is 0 Å². The van der Waals surface area contributed by atoms with Crippen molar-refractivity contribution < 1.29 is 14.3 Å². The molecule has 0 amide bonds. The summed E-state index contributed by atoms with van der Waals surface area (Å²) < 4.78 is 14.1. The van der Waals surface area contributed by atoms with E-state index in [1.807, 2.05) is 6.92 Å². The predicted octanol–water partition coefficient (Wildman–Crippen LogP) is 5.46. The van der Waals surface area contributed by atoms with Crippen molar-refractivity contribution >= 4 is 5.97 Å². The van der Waals surface area contributed by atoms with E-state index in [9.17, 15) is 14.3 Å². The highest BCUT2D eigenvalue weighted by Crippen LogP contribution is 2.28. The van der Waals surface area contributed by atoms with Gasteiger partial charge in [0.25, 0.3) is 0 Å². The van der Waals surface area contributed by atoms with Crippen LogP contribution in [0.1, 0.15) is 79.6 Å². The maximum Gasteiger partial charge on any atom is 0.306 e. The molecule has 0 radical (unpaired) electrons. The lowest BCUT2D eigenvalue weighted by Crippen LogP contribution is -2.20. The molecule has 0 rings (SSSR count). The van der Waals surface area contributed by atoms with Gasteiger partial charge in [-0.25, -0.2) is 4.39 Å². The Morgan fingerprint density at radius 3 is 2.20 bits per heavy atom. The molecule has 0 saturated heterocycles. The van der Waals surface area contributed by atoms with Gasteiger partial charge in [0, 0.05) is 0 Å². The zero-order valence-corrected chi connectivity index (χ0v) is 13.9. The van der Waals surface area contributed by atoms with E-state index in [2.05, 4.69) is 20.8 Å². The lowest BCUT2D eigenvalue weighted by atomic mass is 9.86. The molecule has 2 unspecified atom stereocenters. The van der Waals surface area contributed by atoms with Gasteiger partial charge < -0.3 is 5.11 Å². The molecule has 0 aliphatic rings. The normalized spacial score (nSPS) is 17.8. The lowest BCUT2D eigenvalue weighted by molar-refractivity contribution is -0.142. The Kier molecular flexibility index (Phi) is 9.08. The molecule has 20 heavy (non-hydrogen) atoms. The van der Waals surface area contributed by atoms with Gasteiger partial charge in [0.1, 0.15) is 5.67 Å². The van der Waals surface area contributed by atoms with Gasteiger partial charge in [-0.05, 0) is 57.3 Å². The largest absolute Gasteiger partial charge is 0.481 e. The number of halogens is 1. The van der Waals surface area contributed by atoms with E-state index in [1.54, 1.807) is 6.92 Å². The van der Waals surface area contributed by atoms with Crippen LogP contribution < -0.4 is 0 Å². The highest BCUT2D eigenvalue weighted by atomic mass is 19.1. The van der Waals surface area contributed by atoms with Crippen LogP contribution in [0.25, 0.3) is 0 Å². The fourth-order valence-corrected chi connectivity index (χ4v) is 2.73. The highest BCUT2D eigenvalue weighted by Gasteiger charge is 2.24. The fraction of sp³-hybridized carbons (Fsp3) is 0.941. The maximum absolute atomic E-state index is 14.1. The number of carboxylic acid groups (broad SMARTS) is 1. The Bertz CT molecular complexity index is 274. The highest BCUT2D eigenvalue weighted by molar-refractivity contribution is 5.69. The third-order valence-corrected chi connectivity index (χ3v) is 4.04. The standard InChI is InChI=1S/C17H33FO2/c1-6-10-17(5,18)11-9-14(4)7-8-15(16(19)20)12-13(2)3/h13-15H,6-12H2,1-5H3,(H,19,20)/t14?,15-,17?/m1/s1. The number of hydrogen-bond acceptors (Lipinski definition) is 1. The van der Waals surface area contributed by atoms with Crippen LogP contribution in [0, 0.1) is 17.8 Å². The molecular weight excluding hydrogens is 255 g/mol. The van der Waals surface area contributed by atoms with E-state index in [1.165, 1.54) is 0 Å². The Morgan fingerprint density at radius 1 is 1.15 bits per heavy atom. The van der Waals surface area contributed by atoms with Gasteiger partial charge in [0.15, 0.2) is 0 Å². The molecule has 0 saturated carbocycles. The Labute approximate surface area is 124 Å². The van der Waals surface area contributed by atoms with E-state index in [-0.39, 0.29) is 5.92 Å². The van der Waals surface area contributed by atoms with Gasteiger partial charge in [0.05, 0.1) is 5.92 Å². The lowest BCUT2D eigenvalue weighted by Gasteiger charge is -2.22. The van der Waals surface area contributed by atoms with Crippen molar-refractivity contribution in [2.75, 3.05) is 0 Å². The minimum atomic E-state index is -1.06. The summed E-state index contributed by atoms with van der Waals surface area (Å²) in [5.74, 6) is -0.127. The number of carbonyl (C=O) groups is 1. The topological polar surface area (TPSA) is 37.3 Å². The van der Waals surface area contributed by atoms with Crippen molar-refractivity contribution in [3.05, 3.63) is 0 Å². The predicted molar refractivity (Wildman–Crippen MR) is 82.6 cm³/mol. The molecule has 0 fully saturated rings. The molecule has 1 N–H and O–H groups in total. The minimum Gasteiger partial charge on any atom is -0.481 e. The summed E-state index contributed by atoms with van der Waals surface area (Å²) >= 11 is 0. The van der Waals surface area contributed by atoms with E-state index in [0.717, 1.165) is 25.7 Å². The van der Waals surface area contributed by atoms with Crippen molar-refractivity contribution in [1.29, 1.82) is 0 Å². The first-order chi connectivity index (χ1) is 9.18. The number of rotatable bonds is 11. The molecule has 0 aliphatic carbocycles. The number of alkyl halides is 1. The average Bonchev–Trinajstić information content (AvgIpc) is 2.31. The van der Waals surface area contributed by atoms with Crippen molar-refractivity contribution in [1.82, 2.24) is 0 Å². The van der Waals surface area contributed by atoms with Gasteiger partial charge in [0.2, 0.25) is 0 Å². The van der Waals surface area contributed by atoms with Crippen LogP contribution in [0.5, 0.6) is 0 Å². The molecule has 0 bridgehead atoms. The number of carboxylic acids is 1. The van der Waals surface area contributed by atoms with Crippen LogP contribution in [0.15, 0.2) is 0 Å². The van der Waals surface area contributed by atoms with Gasteiger partial charge in [-0.1, -0.05) is 34.1 Å². The van der Waals surface area contributed by atoms with Crippen molar-refractivity contribution in [2.24, 2.45) is 17.8 Å². The fourth-order valence-electron chi connectivity index (χ4n) is 2.73. The van der Waals surface area contributed by atoms with E-state index in [4.69, 9.17) is 0 Å². The summed E-state index contributed by atoms with van der Waals surface area (Å²) in [6, 6.07) is 0. The van der Waals surface area contributed by atoms with Crippen LogP contribution in [-0.2, 0) is 4.79 Å². The second-order valence-corrected chi connectivity index (χ2v) is 7.05. The second kappa shape index (κ2) is 9.36. The van der Waals surface area contributed by atoms with Crippen molar-refractivity contribution in [3.8, 4) is 0 Å². The van der Waals surface area contributed by atoms with Gasteiger partial charge in [-0.15, -0.1) is 0 Å². The third-order valence-electron chi connectivity index (χ3n) is 4.04. The molecule has 0 aromatic carbocycles. The third kappa shape index (κ3) is 9.33. The van der Waals surface area contributed by atoms with Crippen LogP contribution >= 0.6 is 0 Å². The monoisotopic (exact) mass is 288 g/mol. The van der Waals surface area contributed by atoms with Crippen molar-refractivity contribution in [2.45, 2.75) is 85.2 Å². The van der Waals surface area contributed by atoms with Crippen LogP contribution in [0.4, 0.5) is 4.39 Å². The second-order valence-electron chi connectivity index (χ2n) is 7.05. The van der Waals surface area contributed by atoms with E-state index in [0.29, 0.717) is 31.1 Å². The zero-order valence-electron chi connectivity index (χ0n) is 13.9. The number of hydrogen-bond donors (Lipinski definition) is 1. The summed E-state index contributed by atoms with van der Waals surface area (Å²) in [7, 11) is 0. The maximum atomic E-state index is 14.1. The molecule has 120 valence electrons. The Morgan fingerprint density at radius 2 is 1.75 bits per heavy atom. The summed E-state index contributed by atoms with van der Waals surface area (Å²) in [5, 5.41) is 9.20. The summed E-state index contributed by atoms with van der Waals surface area (Å²) in [6.07, 6.45) is 5.25. The molecule has 0 heterocycles. The molecule has 2 nitrogen and oxygen atoms in total. The molecule has 3 heteroatoms.